The fraction of sp³-hybridized carbons (Fsp3) is 0.0500. The van der Waals surface area contributed by atoms with Crippen molar-refractivity contribution in [1.29, 1.82) is 0 Å². The molecule has 0 fully saturated rings. The van der Waals surface area contributed by atoms with Crippen molar-refractivity contribution in [2.75, 3.05) is 0 Å². The van der Waals surface area contributed by atoms with E-state index in [-0.39, 0.29) is 16.2 Å². The largest absolute Gasteiger partial charge is 0.264 e. The van der Waals surface area contributed by atoms with Crippen LogP contribution in [0.5, 0.6) is 0 Å². The first-order chi connectivity index (χ1) is 73.4. The van der Waals surface area contributed by atoms with Gasteiger partial charge in [-0.3, -0.25) is 15.0 Å². The summed E-state index contributed by atoms with van der Waals surface area (Å²) in [6.07, 6.45) is 11.1. The Morgan fingerprint density at radius 2 is 0.450 bits per heavy atom. The Kier molecular flexibility index (Phi) is 22.7. The molecule has 0 N–H and O–H groups in total. The van der Waals surface area contributed by atoms with Gasteiger partial charge in [0.1, 0.15) is 0 Å². The van der Waals surface area contributed by atoms with Crippen molar-refractivity contribution in [2.45, 2.75) is 43.9 Å². The molecule has 0 amide bonds. The summed E-state index contributed by atoms with van der Waals surface area (Å²) < 4.78 is 0. The summed E-state index contributed by atoms with van der Waals surface area (Å²) >= 11 is 0. The summed E-state index contributed by atoms with van der Waals surface area (Å²) in [6.45, 7) is 9.36. The Labute approximate surface area is 867 Å². The van der Waals surface area contributed by atoms with Crippen LogP contribution >= 0.6 is 0 Å². The van der Waals surface area contributed by atoms with E-state index < -0.39 is 0 Å². The van der Waals surface area contributed by atoms with Gasteiger partial charge < -0.3 is 0 Å². The minimum Gasteiger partial charge on any atom is -0.264 e. The summed E-state index contributed by atoms with van der Waals surface area (Å²) in [5.41, 5.74) is 49.6. The van der Waals surface area contributed by atoms with E-state index in [0.29, 0.717) is 17.5 Å². The van der Waals surface area contributed by atoms with Gasteiger partial charge in [-0.1, -0.05) is 464 Å². The summed E-state index contributed by atoms with van der Waals surface area (Å²) in [5, 5.41) is 2.64. The molecule has 6 heterocycles. The zero-order valence-corrected chi connectivity index (χ0v) is 82.6. The number of nitrogens with zero attached hydrogens (tertiary/aromatic N) is 9. The first-order valence-electron chi connectivity index (χ1n) is 50.9. The van der Waals surface area contributed by atoms with Crippen LogP contribution in [0.2, 0.25) is 0 Å². The van der Waals surface area contributed by atoms with Crippen LogP contribution < -0.4 is 0 Å². The molecule has 0 atom stereocenters. The minimum atomic E-state index is -0.365. The summed E-state index contributed by atoms with van der Waals surface area (Å²) in [7, 11) is 0. The van der Waals surface area contributed by atoms with E-state index in [1.165, 1.54) is 133 Å². The number of fused-ring (bicyclic) bond motifs is 18. The standard InChI is InChI=1S/C52H33N3.C46H33N3.C42H31N3/c1-2-12-38(13-3-1)51-54-48(36-27-23-34(24-28-36)39-14-11-31-53-33-39)32-49(55-51)37-29-25-35(26-30-37)40-18-10-22-47-50(40)43-17-6-9-21-46(43)52(47)44-19-7-4-15-41(44)42-16-5-8-20-45(42)52;1-46(2)41-25-23-36(27-40(41)39-24-22-32-9-6-7-13-38(32)44(39)46)30-14-18-33(19-15-30)42-28-43(49-45(48-42)35-10-4-3-5-11-35)34-20-16-31(17-21-34)37-12-8-26-47-29-37;1-42(2)36-15-7-6-13-35(36)40-34(14-8-16-37(40)42)29-19-23-31(24-20-29)39-26-38(44-41(45-39)32-10-4-3-5-11-32)30-21-17-28(18-22-30)33-12-9-25-43-27-33/h1-33H;3-29H,1-2H3;3-27H,1-2H3. The summed E-state index contributed by atoms with van der Waals surface area (Å²) in [5.74, 6) is 2.12. The van der Waals surface area contributed by atoms with Crippen LogP contribution in [-0.2, 0) is 16.2 Å². The van der Waals surface area contributed by atoms with Crippen molar-refractivity contribution < 1.29 is 0 Å². The summed E-state index contributed by atoms with van der Waals surface area (Å²) in [4.78, 5) is 43.2. The predicted octanol–water partition coefficient (Wildman–Crippen LogP) is 34.7. The number of hydrogen-bond acceptors (Lipinski definition) is 9. The zero-order chi connectivity index (χ0) is 99.7. The Balaban J connectivity index is 0.000000114. The molecular weight excluding hydrogens is 1810 g/mol. The third kappa shape index (κ3) is 16.2. The maximum Gasteiger partial charge on any atom is 0.160 e. The summed E-state index contributed by atoms with van der Waals surface area (Å²) in [6, 6.07) is 171. The predicted molar refractivity (Wildman–Crippen MR) is 610 cm³/mol. The van der Waals surface area contributed by atoms with Crippen LogP contribution in [0.4, 0.5) is 0 Å². The van der Waals surface area contributed by atoms with Gasteiger partial charge in [0, 0.05) is 98.1 Å². The lowest BCUT2D eigenvalue weighted by atomic mass is 9.70. The van der Waals surface area contributed by atoms with E-state index in [1.807, 2.05) is 91.4 Å². The number of benzene rings is 18. The molecule has 24 aromatic rings. The molecule has 0 unspecified atom stereocenters. The molecular formula is C140H97N9. The highest BCUT2D eigenvalue weighted by atomic mass is 14.9. The van der Waals surface area contributed by atoms with E-state index in [4.69, 9.17) is 29.9 Å². The smallest absolute Gasteiger partial charge is 0.160 e. The Morgan fingerprint density at radius 1 is 0.161 bits per heavy atom. The highest BCUT2D eigenvalue weighted by molar-refractivity contribution is 6.02. The monoisotopic (exact) mass is 1900 g/mol. The molecule has 9 heteroatoms. The molecule has 149 heavy (non-hydrogen) atoms. The van der Waals surface area contributed by atoms with Crippen LogP contribution in [0.25, 0.3) is 224 Å². The highest BCUT2D eigenvalue weighted by Gasteiger charge is 2.52. The molecule has 18 aromatic carbocycles. The van der Waals surface area contributed by atoms with Crippen molar-refractivity contribution in [1.82, 2.24) is 44.9 Å². The van der Waals surface area contributed by atoms with Crippen molar-refractivity contribution in [3.63, 3.8) is 0 Å². The van der Waals surface area contributed by atoms with Crippen molar-refractivity contribution >= 4 is 10.8 Å². The molecule has 0 saturated carbocycles. The highest BCUT2D eigenvalue weighted by Crippen LogP contribution is 2.65. The number of aromatic nitrogens is 9. The molecule has 0 aliphatic heterocycles. The van der Waals surface area contributed by atoms with Gasteiger partial charge in [0.25, 0.3) is 0 Å². The molecule has 4 aliphatic rings. The molecule has 6 aromatic heterocycles. The van der Waals surface area contributed by atoms with Gasteiger partial charge in [-0.25, -0.2) is 29.9 Å². The molecule has 0 bridgehead atoms. The van der Waals surface area contributed by atoms with E-state index in [9.17, 15) is 0 Å². The topological polar surface area (TPSA) is 116 Å². The lowest BCUT2D eigenvalue weighted by Crippen LogP contribution is -2.25. The normalized spacial score (nSPS) is 12.9. The maximum atomic E-state index is 5.13. The van der Waals surface area contributed by atoms with Crippen LogP contribution in [0.15, 0.2) is 516 Å². The lowest BCUT2D eigenvalue weighted by molar-refractivity contribution is 0.660. The second-order valence-corrected chi connectivity index (χ2v) is 39.8. The zero-order valence-electron chi connectivity index (χ0n) is 82.6. The maximum absolute atomic E-state index is 5.13. The van der Waals surface area contributed by atoms with E-state index in [1.54, 1.807) is 18.6 Å². The molecule has 0 saturated heterocycles. The Bertz CT molecular complexity index is 9180. The fourth-order valence-corrected chi connectivity index (χ4v) is 23.1. The molecule has 4 aliphatic carbocycles. The number of hydrogen-bond donors (Lipinski definition) is 0. The van der Waals surface area contributed by atoms with E-state index in [0.717, 1.165) is 118 Å². The molecule has 702 valence electrons. The van der Waals surface area contributed by atoms with Gasteiger partial charge >= 0.3 is 0 Å². The lowest BCUT2D eigenvalue weighted by Gasteiger charge is -2.30. The third-order valence-electron chi connectivity index (χ3n) is 30.5. The number of pyridine rings is 3. The van der Waals surface area contributed by atoms with Gasteiger partial charge in [0.05, 0.1) is 39.6 Å². The van der Waals surface area contributed by atoms with Gasteiger partial charge in [0.2, 0.25) is 0 Å². The number of rotatable bonds is 15. The second kappa shape index (κ2) is 37.6. The van der Waals surface area contributed by atoms with E-state index >= 15 is 0 Å². The minimum absolute atomic E-state index is 0.0245. The fourth-order valence-electron chi connectivity index (χ4n) is 23.1. The first-order valence-corrected chi connectivity index (χ1v) is 50.9. The molecule has 1 spiro atoms. The SMILES string of the molecule is CC1(C)c2ccc(-c3ccc(-c4cc(-c5ccc(-c6cccnc6)cc5)nc(-c5ccccc5)n4)cc3)cc2-c2ccc3ccccc3c21.CC1(C)c2ccccc2-c2c(-c3ccc(-c4cc(-c5ccc(-c6cccnc6)cc5)nc(-c5ccccc5)n4)cc3)cccc21.c1ccc(-c2nc(-c3ccc(-c4cccnc4)cc3)cc(-c3ccc(-c4cccc5c4-c4ccccc4C54c5ccccc5-c5ccccc54)cc3)n2)cc1. The average Bonchev–Trinajstić information content (AvgIpc) is 1.50. The van der Waals surface area contributed by atoms with Crippen molar-refractivity contribution in [2.24, 2.45) is 0 Å². The molecule has 0 radical (unpaired) electrons. The van der Waals surface area contributed by atoms with E-state index in [2.05, 4.69) is 449 Å². The molecule has 28 rings (SSSR count). The van der Waals surface area contributed by atoms with Crippen LogP contribution in [0, 0.1) is 0 Å². The van der Waals surface area contributed by atoms with Crippen molar-refractivity contribution in [3.05, 3.63) is 561 Å². The first kappa shape index (κ1) is 90.0. The Hall–Kier alpha value is -19.1. The third-order valence-corrected chi connectivity index (χ3v) is 30.5. The van der Waals surface area contributed by atoms with Gasteiger partial charge in [-0.2, -0.15) is 0 Å². The van der Waals surface area contributed by atoms with Gasteiger partial charge in [0.15, 0.2) is 17.5 Å². The van der Waals surface area contributed by atoms with Crippen LogP contribution in [0.3, 0.4) is 0 Å². The van der Waals surface area contributed by atoms with Crippen molar-refractivity contribution in [3.8, 4) is 213 Å². The van der Waals surface area contributed by atoms with Crippen LogP contribution in [0.1, 0.15) is 72.2 Å². The Morgan fingerprint density at radius 3 is 0.846 bits per heavy atom. The van der Waals surface area contributed by atoms with Gasteiger partial charge in [-0.05, 0) is 209 Å². The quantitative estimate of drug-likeness (QED) is 0.0989. The van der Waals surface area contributed by atoms with Crippen LogP contribution in [-0.4, -0.2) is 44.9 Å². The average molecular weight is 1910 g/mol. The van der Waals surface area contributed by atoms with Gasteiger partial charge in [-0.15, -0.1) is 0 Å². The molecule has 9 nitrogen and oxygen atoms in total. The second-order valence-electron chi connectivity index (χ2n) is 39.8.